The van der Waals surface area contributed by atoms with Crippen LogP contribution in [0.2, 0.25) is 0 Å². The van der Waals surface area contributed by atoms with E-state index in [1.807, 2.05) is 24.3 Å². The molecule has 1 aromatic rings. The number of nitrogens with zero attached hydrogens (tertiary/aromatic N) is 1. The number of oxime groups is 1. The second-order valence-electron chi connectivity index (χ2n) is 5.51. The Balaban J connectivity index is 1.65. The van der Waals surface area contributed by atoms with E-state index in [9.17, 15) is 0 Å². The van der Waals surface area contributed by atoms with Crippen LogP contribution in [0.25, 0.3) is 0 Å². The number of hydrogen-bond donors (Lipinski definition) is 0. The van der Waals surface area contributed by atoms with Crippen LogP contribution in [0.15, 0.2) is 48.1 Å². The molecule has 1 aliphatic heterocycles. The van der Waals surface area contributed by atoms with Crippen LogP contribution < -0.4 is 0 Å². The molecule has 0 spiro atoms. The van der Waals surface area contributed by atoms with Crippen LogP contribution in [0, 0.1) is 5.92 Å². The van der Waals surface area contributed by atoms with Crippen molar-refractivity contribution in [2.75, 3.05) is 0 Å². The van der Waals surface area contributed by atoms with Gasteiger partial charge in [0.25, 0.3) is 0 Å². The Hall–Kier alpha value is -1.61. The van der Waals surface area contributed by atoms with E-state index in [2.05, 4.69) is 23.9 Å². The molecule has 0 unspecified atom stereocenters. The van der Waals surface area contributed by atoms with Gasteiger partial charge in [-0.1, -0.05) is 41.6 Å². The Morgan fingerprint density at radius 3 is 3.00 bits per heavy atom. The fourth-order valence-corrected chi connectivity index (χ4v) is 3.08. The van der Waals surface area contributed by atoms with E-state index in [4.69, 9.17) is 9.57 Å². The highest BCUT2D eigenvalue weighted by Gasteiger charge is 2.41. The second kappa shape index (κ2) is 6.23. The largest absolute Gasteiger partial charge is 0.392 e. The van der Waals surface area contributed by atoms with Gasteiger partial charge in [0.2, 0.25) is 0 Å². The number of rotatable bonds is 6. The monoisotopic (exact) mass is 271 g/mol. The summed E-state index contributed by atoms with van der Waals surface area (Å²) in [6.07, 6.45) is 6.51. The molecule has 1 heterocycles. The van der Waals surface area contributed by atoms with Crippen molar-refractivity contribution in [1.29, 1.82) is 0 Å². The molecule has 1 saturated carbocycles. The third kappa shape index (κ3) is 2.78. The minimum Gasteiger partial charge on any atom is -0.392 e. The molecule has 0 aromatic heterocycles. The van der Waals surface area contributed by atoms with E-state index in [0.29, 0.717) is 12.5 Å². The standard InChI is InChI=1S/C17H21NO2/c1-2-7-16(19-12-13-8-4-3-5-9-13)17-14-10-6-11-15(14)20-18-17/h2-5,8-9,14-16H,1,6-7,10-12H2/t14-,15+,16+/m1/s1. The van der Waals surface area contributed by atoms with Gasteiger partial charge >= 0.3 is 0 Å². The Kier molecular flexibility index (Phi) is 4.16. The first-order valence-corrected chi connectivity index (χ1v) is 7.38. The Labute approximate surface area is 120 Å². The van der Waals surface area contributed by atoms with Crippen LogP contribution in [0.1, 0.15) is 31.2 Å². The van der Waals surface area contributed by atoms with Gasteiger partial charge in [0, 0.05) is 5.92 Å². The molecular formula is C17H21NO2. The summed E-state index contributed by atoms with van der Waals surface area (Å²) >= 11 is 0. The Bertz CT molecular complexity index is 483. The molecule has 3 rings (SSSR count). The molecule has 2 aliphatic rings. The summed E-state index contributed by atoms with van der Waals surface area (Å²) in [5.41, 5.74) is 2.27. The van der Waals surface area contributed by atoms with Crippen molar-refractivity contribution in [1.82, 2.24) is 0 Å². The number of hydrogen-bond acceptors (Lipinski definition) is 3. The summed E-state index contributed by atoms with van der Waals surface area (Å²) in [6.45, 7) is 4.44. The van der Waals surface area contributed by atoms with Gasteiger partial charge in [-0.05, 0) is 31.2 Å². The van der Waals surface area contributed by atoms with Crippen LogP contribution in [-0.2, 0) is 16.2 Å². The molecule has 20 heavy (non-hydrogen) atoms. The summed E-state index contributed by atoms with van der Waals surface area (Å²) < 4.78 is 6.08. The van der Waals surface area contributed by atoms with E-state index in [1.54, 1.807) is 0 Å². The highest BCUT2D eigenvalue weighted by Crippen LogP contribution is 2.36. The first kappa shape index (κ1) is 13.4. The van der Waals surface area contributed by atoms with Crippen LogP contribution >= 0.6 is 0 Å². The van der Waals surface area contributed by atoms with Crippen molar-refractivity contribution in [3.8, 4) is 0 Å². The van der Waals surface area contributed by atoms with E-state index in [1.165, 1.54) is 18.4 Å². The molecule has 1 aliphatic carbocycles. The second-order valence-corrected chi connectivity index (χ2v) is 5.51. The normalized spacial score (nSPS) is 25.7. The van der Waals surface area contributed by atoms with Crippen molar-refractivity contribution >= 4 is 5.71 Å². The van der Waals surface area contributed by atoms with Crippen molar-refractivity contribution in [2.45, 2.75) is 44.5 Å². The third-order valence-corrected chi connectivity index (χ3v) is 4.13. The average molecular weight is 271 g/mol. The van der Waals surface area contributed by atoms with Crippen molar-refractivity contribution in [3.05, 3.63) is 48.6 Å². The zero-order chi connectivity index (χ0) is 13.8. The van der Waals surface area contributed by atoms with Crippen LogP contribution in [0.3, 0.4) is 0 Å². The number of fused-ring (bicyclic) bond motifs is 1. The minimum atomic E-state index is 0.000746. The lowest BCUT2D eigenvalue weighted by atomic mass is 9.94. The first-order valence-electron chi connectivity index (χ1n) is 7.38. The minimum absolute atomic E-state index is 0.000746. The van der Waals surface area contributed by atoms with Gasteiger partial charge < -0.3 is 9.57 Å². The van der Waals surface area contributed by atoms with Gasteiger partial charge in [-0.25, -0.2) is 0 Å². The molecule has 1 aromatic carbocycles. The molecule has 0 N–H and O–H groups in total. The summed E-state index contributed by atoms with van der Waals surface area (Å²) in [6, 6.07) is 10.2. The molecule has 0 saturated heterocycles. The van der Waals surface area contributed by atoms with Gasteiger partial charge in [0.05, 0.1) is 12.3 Å². The Morgan fingerprint density at radius 2 is 2.20 bits per heavy atom. The zero-order valence-electron chi connectivity index (χ0n) is 11.7. The number of benzene rings is 1. The quantitative estimate of drug-likeness (QED) is 0.739. The van der Waals surface area contributed by atoms with Crippen molar-refractivity contribution in [3.63, 3.8) is 0 Å². The van der Waals surface area contributed by atoms with E-state index < -0.39 is 0 Å². The lowest BCUT2D eigenvalue weighted by molar-refractivity contribution is 0.0744. The summed E-state index contributed by atoms with van der Waals surface area (Å²) in [5.74, 6) is 0.454. The average Bonchev–Trinajstić information content (AvgIpc) is 3.08. The van der Waals surface area contributed by atoms with Gasteiger partial charge in [0.1, 0.15) is 12.2 Å². The molecular weight excluding hydrogens is 250 g/mol. The molecule has 0 bridgehead atoms. The molecule has 0 radical (unpaired) electrons. The molecule has 1 fully saturated rings. The maximum atomic E-state index is 6.08. The molecule has 3 nitrogen and oxygen atoms in total. The smallest absolute Gasteiger partial charge is 0.135 e. The molecule has 3 atom stereocenters. The van der Waals surface area contributed by atoms with Gasteiger partial charge in [-0.2, -0.15) is 0 Å². The Morgan fingerprint density at radius 1 is 1.35 bits per heavy atom. The number of ether oxygens (including phenoxy) is 1. The van der Waals surface area contributed by atoms with Crippen LogP contribution in [-0.4, -0.2) is 17.9 Å². The summed E-state index contributed by atoms with van der Waals surface area (Å²) in [5, 5.41) is 4.30. The lowest BCUT2D eigenvalue weighted by Gasteiger charge is -2.19. The maximum absolute atomic E-state index is 6.08. The van der Waals surface area contributed by atoms with Crippen LogP contribution in [0.4, 0.5) is 0 Å². The zero-order valence-corrected chi connectivity index (χ0v) is 11.7. The summed E-state index contributed by atoms with van der Waals surface area (Å²) in [7, 11) is 0. The third-order valence-electron chi connectivity index (χ3n) is 4.13. The van der Waals surface area contributed by atoms with E-state index in [0.717, 1.165) is 18.6 Å². The maximum Gasteiger partial charge on any atom is 0.135 e. The van der Waals surface area contributed by atoms with Crippen molar-refractivity contribution in [2.24, 2.45) is 11.1 Å². The SMILES string of the molecule is C=CC[C@H](OCc1ccccc1)C1=NO[C@H]2CCC[C@@H]12. The topological polar surface area (TPSA) is 30.8 Å². The summed E-state index contributed by atoms with van der Waals surface area (Å²) in [4.78, 5) is 5.54. The van der Waals surface area contributed by atoms with Gasteiger partial charge in [-0.3, -0.25) is 0 Å². The van der Waals surface area contributed by atoms with Crippen LogP contribution in [0.5, 0.6) is 0 Å². The van der Waals surface area contributed by atoms with E-state index >= 15 is 0 Å². The molecule has 3 heteroatoms. The van der Waals surface area contributed by atoms with Gasteiger partial charge in [0.15, 0.2) is 0 Å². The fourth-order valence-electron chi connectivity index (χ4n) is 3.08. The molecule has 0 amide bonds. The highest BCUT2D eigenvalue weighted by atomic mass is 16.6. The lowest BCUT2D eigenvalue weighted by Crippen LogP contribution is -2.30. The van der Waals surface area contributed by atoms with Gasteiger partial charge in [-0.15, -0.1) is 6.58 Å². The first-order chi connectivity index (χ1) is 9.88. The molecule has 106 valence electrons. The predicted molar refractivity (Wildman–Crippen MR) is 79.5 cm³/mol. The highest BCUT2D eigenvalue weighted by molar-refractivity contribution is 5.92. The van der Waals surface area contributed by atoms with E-state index in [-0.39, 0.29) is 12.2 Å². The predicted octanol–water partition coefficient (Wildman–Crippen LogP) is 3.70. The fraction of sp³-hybridized carbons (Fsp3) is 0.471. The van der Waals surface area contributed by atoms with Crippen molar-refractivity contribution < 1.29 is 9.57 Å².